The zero-order chi connectivity index (χ0) is 24.4. The molecule has 0 aliphatic carbocycles. The number of carbonyl (C=O) groups is 3. The summed E-state index contributed by atoms with van der Waals surface area (Å²) in [5.74, 6) is -1.91. The summed E-state index contributed by atoms with van der Waals surface area (Å²) in [6.45, 7) is 9.21. The van der Waals surface area contributed by atoms with Gasteiger partial charge in [0.05, 0.1) is 18.1 Å². The number of aromatic nitrogens is 1. The number of hydrogen-bond acceptors (Lipinski definition) is 4. The van der Waals surface area contributed by atoms with E-state index < -0.39 is 12.1 Å². The minimum atomic E-state index is -1.08. The first-order chi connectivity index (χ1) is 15.1. The average molecular weight is 448 g/mol. The Labute approximate surface area is 186 Å². The highest BCUT2D eigenvalue weighted by molar-refractivity contribution is 6.34. The summed E-state index contributed by atoms with van der Waals surface area (Å²) in [6.07, 6.45) is 0.417. The van der Waals surface area contributed by atoms with Crippen LogP contribution in [0.5, 0.6) is 0 Å². The van der Waals surface area contributed by atoms with Gasteiger partial charge in [-0.3, -0.25) is 14.4 Å². The van der Waals surface area contributed by atoms with Gasteiger partial charge in [-0.15, -0.1) is 0 Å². The first-order valence-corrected chi connectivity index (χ1v) is 10.2. The van der Waals surface area contributed by atoms with Gasteiger partial charge in [0.15, 0.2) is 0 Å². The van der Waals surface area contributed by atoms with E-state index in [1.807, 2.05) is 33.8 Å². The number of rotatable bonds is 5. The van der Waals surface area contributed by atoms with Crippen LogP contribution in [-0.2, 0) is 14.4 Å². The molecular formula is C23H30FN3O5. The fraction of sp³-hybridized carbons (Fsp3) is 0.348. The van der Waals surface area contributed by atoms with Crippen LogP contribution in [0, 0.1) is 19.7 Å². The second-order valence-electron chi connectivity index (χ2n) is 6.94. The first kappa shape index (κ1) is 26.6. The van der Waals surface area contributed by atoms with E-state index in [-0.39, 0.29) is 30.6 Å². The Morgan fingerprint density at radius 2 is 1.88 bits per heavy atom. The summed E-state index contributed by atoms with van der Waals surface area (Å²) in [5, 5.41) is 22.1. The molecule has 1 atom stereocenters. The van der Waals surface area contributed by atoms with Crippen molar-refractivity contribution in [1.29, 1.82) is 0 Å². The number of aliphatic carboxylic acids is 1. The Kier molecular flexibility index (Phi) is 10.3. The molecule has 1 aliphatic heterocycles. The number of aryl methyl sites for hydroxylation is 2. The smallest absolute Gasteiger partial charge is 0.306 e. The van der Waals surface area contributed by atoms with Gasteiger partial charge in [-0.2, -0.15) is 0 Å². The molecule has 0 radical (unpaired) electrons. The summed E-state index contributed by atoms with van der Waals surface area (Å²) in [5.41, 5.74) is 4.71. The molecule has 0 fully saturated rings. The molecule has 1 aliphatic rings. The van der Waals surface area contributed by atoms with Gasteiger partial charge in [-0.05, 0) is 49.8 Å². The van der Waals surface area contributed by atoms with Crippen molar-refractivity contribution in [3.8, 4) is 0 Å². The van der Waals surface area contributed by atoms with Crippen molar-refractivity contribution in [1.82, 2.24) is 10.3 Å². The van der Waals surface area contributed by atoms with E-state index >= 15 is 0 Å². The molecule has 2 amide bonds. The van der Waals surface area contributed by atoms with Crippen molar-refractivity contribution < 1.29 is 29.0 Å². The predicted molar refractivity (Wildman–Crippen MR) is 121 cm³/mol. The van der Waals surface area contributed by atoms with E-state index in [1.54, 1.807) is 12.1 Å². The molecule has 2 heterocycles. The lowest BCUT2D eigenvalue weighted by Gasteiger charge is -2.06. The van der Waals surface area contributed by atoms with E-state index in [1.165, 1.54) is 19.1 Å². The van der Waals surface area contributed by atoms with Crippen LogP contribution in [0.1, 0.15) is 49.7 Å². The third-order valence-corrected chi connectivity index (χ3v) is 4.24. The lowest BCUT2D eigenvalue weighted by atomic mass is 10.1. The lowest BCUT2D eigenvalue weighted by molar-refractivity contribution is -0.139. The van der Waals surface area contributed by atoms with E-state index in [0.29, 0.717) is 16.8 Å². The van der Waals surface area contributed by atoms with Crippen molar-refractivity contribution in [2.45, 2.75) is 47.1 Å². The Bertz CT molecular complexity index is 998. The molecule has 5 N–H and O–H groups in total. The van der Waals surface area contributed by atoms with Crippen LogP contribution in [0.2, 0.25) is 0 Å². The van der Waals surface area contributed by atoms with Gasteiger partial charge in [-0.25, -0.2) is 4.39 Å². The number of anilines is 1. The number of carboxylic acids is 1. The predicted octanol–water partition coefficient (Wildman–Crippen LogP) is 3.25. The maximum Gasteiger partial charge on any atom is 0.306 e. The molecule has 174 valence electrons. The minimum Gasteiger partial charge on any atom is -0.481 e. The van der Waals surface area contributed by atoms with Gasteiger partial charge in [0.1, 0.15) is 5.82 Å². The van der Waals surface area contributed by atoms with Crippen molar-refractivity contribution >= 4 is 35.1 Å². The molecular weight excluding hydrogens is 417 g/mol. The molecule has 1 aromatic heterocycles. The Morgan fingerprint density at radius 1 is 1.22 bits per heavy atom. The molecule has 0 bridgehead atoms. The monoisotopic (exact) mass is 447 g/mol. The van der Waals surface area contributed by atoms with Crippen LogP contribution in [0.25, 0.3) is 11.6 Å². The van der Waals surface area contributed by atoms with Crippen LogP contribution in [0.4, 0.5) is 10.1 Å². The number of fused-ring (bicyclic) bond motifs is 1. The maximum absolute atomic E-state index is 13.3. The number of carbonyl (C=O) groups excluding carboxylic acids is 2. The number of benzene rings is 1. The number of carboxylic acid groups (broad SMARTS) is 1. The number of aliphatic hydroxyl groups is 1. The quantitative estimate of drug-likeness (QED) is 0.449. The van der Waals surface area contributed by atoms with Crippen molar-refractivity contribution in [2.24, 2.45) is 0 Å². The molecule has 1 unspecified atom stereocenters. The van der Waals surface area contributed by atoms with Gasteiger partial charge < -0.3 is 25.8 Å². The van der Waals surface area contributed by atoms with Gasteiger partial charge in [0.2, 0.25) is 5.91 Å². The molecule has 32 heavy (non-hydrogen) atoms. The van der Waals surface area contributed by atoms with E-state index in [0.717, 1.165) is 17.0 Å². The Morgan fingerprint density at radius 3 is 2.41 bits per heavy atom. The summed E-state index contributed by atoms with van der Waals surface area (Å²) in [4.78, 5) is 35.4. The van der Waals surface area contributed by atoms with Gasteiger partial charge in [0, 0.05) is 36.1 Å². The summed E-state index contributed by atoms with van der Waals surface area (Å²) in [6, 6.07) is 6.30. The van der Waals surface area contributed by atoms with Gasteiger partial charge >= 0.3 is 5.97 Å². The standard InChI is InChI=1S/C15H13FN2O.C6H11NO4.C2H6/c1-8-5-9(2)17-14(8)7-12-11-6-10(16)3-4-13(11)18-15(12)19;1-4(8)7-3-5(9)2-6(10)11;1-2/h3-7,17H,1-2H3,(H,18,19);5,9H,2-3H2,1H3,(H,7,8)(H,10,11);1-2H3/b12-7-;;. The van der Waals surface area contributed by atoms with Crippen molar-refractivity contribution in [2.75, 3.05) is 11.9 Å². The molecule has 2 aromatic rings. The van der Waals surface area contributed by atoms with Crippen LogP contribution >= 0.6 is 0 Å². The number of aliphatic hydroxyl groups excluding tert-OH is 1. The average Bonchev–Trinajstić information content (AvgIpc) is 3.20. The molecule has 3 rings (SSSR count). The molecule has 9 heteroatoms. The largest absolute Gasteiger partial charge is 0.481 e. The van der Waals surface area contributed by atoms with Crippen LogP contribution in [-0.4, -0.2) is 45.6 Å². The highest BCUT2D eigenvalue weighted by Gasteiger charge is 2.24. The number of aromatic amines is 1. The topological polar surface area (TPSA) is 132 Å². The van der Waals surface area contributed by atoms with Gasteiger partial charge in [-0.1, -0.05) is 13.8 Å². The van der Waals surface area contributed by atoms with E-state index in [9.17, 15) is 18.8 Å². The number of halogens is 1. The summed E-state index contributed by atoms with van der Waals surface area (Å²) < 4.78 is 13.3. The van der Waals surface area contributed by atoms with Crippen LogP contribution in [0.15, 0.2) is 24.3 Å². The molecule has 0 saturated heterocycles. The van der Waals surface area contributed by atoms with E-state index in [4.69, 9.17) is 10.2 Å². The summed E-state index contributed by atoms with van der Waals surface area (Å²) >= 11 is 0. The van der Waals surface area contributed by atoms with E-state index in [2.05, 4.69) is 15.6 Å². The highest BCUT2D eigenvalue weighted by atomic mass is 19.1. The molecule has 0 spiro atoms. The number of hydrogen-bond donors (Lipinski definition) is 5. The summed E-state index contributed by atoms with van der Waals surface area (Å²) in [7, 11) is 0. The van der Waals surface area contributed by atoms with Crippen LogP contribution in [0.3, 0.4) is 0 Å². The Hall–Kier alpha value is -3.46. The maximum atomic E-state index is 13.3. The molecule has 0 saturated carbocycles. The number of H-pyrrole nitrogens is 1. The second kappa shape index (κ2) is 12.4. The van der Waals surface area contributed by atoms with Crippen LogP contribution < -0.4 is 10.6 Å². The highest BCUT2D eigenvalue weighted by Crippen LogP contribution is 2.33. The Balaban J connectivity index is 0.000000340. The SMILES string of the molecule is CC.CC(=O)NCC(O)CC(=O)O.Cc1cc(C)c(/C=C2\C(=O)Nc3ccc(F)cc32)[nH]1. The van der Waals surface area contributed by atoms with Crippen molar-refractivity contribution in [3.05, 3.63) is 52.6 Å². The lowest BCUT2D eigenvalue weighted by Crippen LogP contribution is -2.31. The zero-order valence-corrected chi connectivity index (χ0v) is 18.9. The molecule has 8 nitrogen and oxygen atoms in total. The number of amides is 2. The normalized spacial score (nSPS) is 13.7. The van der Waals surface area contributed by atoms with Gasteiger partial charge in [0.25, 0.3) is 5.91 Å². The third kappa shape index (κ3) is 7.99. The first-order valence-electron chi connectivity index (χ1n) is 10.2. The zero-order valence-electron chi connectivity index (χ0n) is 18.9. The minimum absolute atomic E-state index is 0.0123. The fourth-order valence-electron chi connectivity index (χ4n) is 2.88. The third-order valence-electron chi connectivity index (χ3n) is 4.24. The molecule has 1 aromatic carbocycles. The fourth-order valence-corrected chi connectivity index (χ4v) is 2.88. The number of nitrogens with one attached hydrogen (secondary N) is 3. The second-order valence-corrected chi connectivity index (χ2v) is 6.94. The van der Waals surface area contributed by atoms with Crippen molar-refractivity contribution in [3.63, 3.8) is 0 Å².